The molecule has 2 amide bonds. The molecule has 0 unspecified atom stereocenters. The molecule has 3 aromatic rings. The average molecular weight is 580 g/mol. The lowest BCUT2D eigenvalue weighted by molar-refractivity contribution is -0.137. The molecule has 0 bridgehead atoms. The van der Waals surface area contributed by atoms with Gasteiger partial charge in [-0.3, -0.25) is 4.90 Å². The van der Waals surface area contributed by atoms with E-state index in [1.165, 1.54) is 20.2 Å². The maximum atomic E-state index is 13.5. The van der Waals surface area contributed by atoms with Crippen molar-refractivity contribution in [2.75, 3.05) is 36.8 Å². The fraction of sp³-hybridized carbons (Fsp3) is 0.296. The van der Waals surface area contributed by atoms with Crippen LogP contribution in [0.25, 0.3) is 0 Å². The van der Waals surface area contributed by atoms with Crippen molar-refractivity contribution in [3.63, 3.8) is 0 Å². The Labute approximate surface area is 229 Å². The molecule has 2 heterocycles. The zero-order valence-electron chi connectivity index (χ0n) is 20.6. The first kappa shape index (κ1) is 27.3. The summed E-state index contributed by atoms with van der Waals surface area (Å²) in [7, 11) is -3.52. The molecule has 39 heavy (non-hydrogen) atoms. The van der Waals surface area contributed by atoms with Crippen LogP contribution in [0, 0.1) is 0 Å². The van der Waals surface area contributed by atoms with Crippen LogP contribution in [-0.4, -0.2) is 55.6 Å². The highest BCUT2D eigenvalue weighted by Crippen LogP contribution is 2.38. The quantitative estimate of drug-likeness (QED) is 0.320. The molecule has 1 atom stereocenters. The Hall–Kier alpha value is -3.28. The third-order valence-electron chi connectivity index (χ3n) is 6.77. The van der Waals surface area contributed by atoms with Crippen LogP contribution < -0.4 is 9.64 Å². The van der Waals surface area contributed by atoms with Gasteiger partial charge in [-0.25, -0.2) is 17.5 Å². The monoisotopic (exact) mass is 579 g/mol. The van der Waals surface area contributed by atoms with Gasteiger partial charge in [0, 0.05) is 36.9 Å². The highest BCUT2D eigenvalue weighted by molar-refractivity contribution is 7.89. The van der Waals surface area contributed by atoms with E-state index in [1.54, 1.807) is 54.6 Å². The number of urea groups is 1. The third-order valence-corrected chi connectivity index (χ3v) is 8.87. The fourth-order valence-corrected chi connectivity index (χ4v) is 6.19. The molecule has 0 spiro atoms. The number of sulfonamides is 1. The van der Waals surface area contributed by atoms with Crippen molar-refractivity contribution in [1.29, 1.82) is 0 Å². The number of nitrogens with zero attached hydrogens (tertiary/aromatic N) is 3. The molecule has 0 aromatic heterocycles. The highest BCUT2D eigenvalue weighted by atomic mass is 35.5. The number of anilines is 1. The lowest BCUT2D eigenvalue weighted by atomic mass is 10.0. The van der Waals surface area contributed by atoms with Crippen LogP contribution in [0.1, 0.15) is 23.6 Å². The molecule has 0 N–H and O–H groups in total. The molecule has 2 fully saturated rings. The first-order valence-corrected chi connectivity index (χ1v) is 14.3. The van der Waals surface area contributed by atoms with Crippen LogP contribution in [0.5, 0.6) is 11.5 Å². The second-order valence-electron chi connectivity index (χ2n) is 9.36. The maximum Gasteiger partial charge on any atom is 0.416 e. The largest absolute Gasteiger partial charge is 0.457 e. The summed E-state index contributed by atoms with van der Waals surface area (Å²) in [6.07, 6.45) is -3.75. The summed E-state index contributed by atoms with van der Waals surface area (Å²) in [5.74, 6) is 0.789. The molecule has 0 saturated carbocycles. The smallest absolute Gasteiger partial charge is 0.416 e. The number of hydrogen-bond donors (Lipinski definition) is 0. The van der Waals surface area contributed by atoms with Crippen LogP contribution in [-0.2, 0) is 16.2 Å². The molecular formula is C27H25ClF3N3O4S. The lowest BCUT2D eigenvalue weighted by Gasteiger charge is -2.30. The predicted octanol–water partition coefficient (Wildman–Crippen LogP) is 6.17. The second kappa shape index (κ2) is 10.7. The molecule has 0 aliphatic carbocycles. The number of rotatable bonds is 8. The van der Waals surface area contributed by atoms with Gasteiger partial charge in [0.1, 0.15) is 11.5 Å². The SMILES string of the molecule is O=C1N(CCS(=O)(=O)N2CCC2)C[C@H](c2cccc(C(F)(F)F)c2)N1c1ccc(Oc2ccc(Cl)cc2)cc1. The van der Waals surface area contributed by atoms with Crippen molar-refractivity contribution >= 4 is 33.3 Å². The predicted molar refractivity (Wildman–Crippen MR) is 142 cm³/mol. The summed E-state index contributed by atoms with van der Waals surface area (Å²) in [6, 6.07) is 17.0. The maximum absolute atomic E-state index is 13.5. The van der Waals surface area contributed by atoms with Crippen molar-refractivity contribution < 1.29 is 31.1 Å². The van der Waals surface area contributed by atoms with Crippen LogP contribution >= 0.6 is 11.6 Å². The third kappa shape index (κ3) is 6.00. The van der Waals surface area contributed by atoms with Gasteiger partial charge in [0.05, 0.1) is 17.4 Å². The highest BCUT2D eigenvalue weighted by Gasteiger charge is 2.41. The van der Waals surface area contributed by atoms with E-state index in [1.807, 2.05) is 0 Å². The zero-order chi connectivity index (χ0) is 27.8. The second-order valence-corrected chi connectivity index (χ2v) is 11.9. The van der Waals surface area contributed by atoms with E-state index < -0.39 is 33.8 Å². The summed E-state index contributed by atoms with van der Waals surface area (Å²) in [6.45, 7) is 0.888. The summed E-state index contributed by atoms with van der Waals surface area (Å²) in [4.78, 5) is 16.3. The molecule has 7 nitrogen and oxygen atoms in total. The first-order valence-electron chi connectivity index (χ1n) is 12.3. The number of alkyl halides is 3. The lowest BCUT2D eigenvalue weighted by Crippen LogP contribution is -2.45. The van der Waals surface area contributed by atoms with E-state index in [4.69, 9.17) is 16.3 Å². The van der Waals surface area contributed by atoms with Gasteiger partial charge in [-0.15, -0.1) is 0 Å². The van der Waals surface area contributed by atoms with Gasteiger partial charge in [0.25, 0.3) is 0 Å². The van der Waals surface area contributed by atoms with Gasteiger partial charge >= 0.3 is 12.2 Å². The van der Waals surface area contributed by atoms with E-state index in [9.17, 15) is 26.4 Å². The normalized spacial score (nSPS) is 18.4. The molecular weight excluding hydrogens is 555 g/mol. The van der Waals surface area contributed by atoms with E-state index in [0.29, 0.717) is 40.9 Å². The van der Waals surface area contributed by atoms with Crippen molar-refractivity contribution in [3.8, 4) is 11.5 Å². The zero-order valence-corrected chi connectivity index (χ0v) is 22.2. The number of carbonyl (C=O) groups is 1. The average Bonchev–Trinajstić information content (AvgIpc) is 3.19. The Morgan fingerprint density at radius 3 is 2.18 bits per heavy atom. The molecule has 206 valence electrons. The van der Waals surface area contributed by atoms with E-state index in [0.717, 1.165) is 18.6 Å². The summed E-state index contributed by atoms with van der Waals surface area (Å²) < 4.78 is 72.7. The Bertz CT molecular complexity index is 1450. The summed E-state index contributed by atoms with van der Waals surface area (Å²) in [5, 5.41) is 0.563. The Morgan fingerprint density at radius 1 is 0.949 bits per heavy atom. The van der Waals surface area contributed by atoms with E-state index >= 15 is 0 Å². The topological polar surface area (TPSA) is 70.2 Å². The molecule has 5 rings (SSSR count). The van der Waals surface area contributed by atoms with Crippen LogP contribution in [0.2, 0.25) is 5.02 Å². The van der Waals surface area contributed by atoms with Gasteiger partial charge in [0.2, 0.25) is 10.0 Å². The van der Waals surface area contributed by atoms with E-state index in [2.05, 4.69) is 0 Å². The van der Waals surface area contributed by atoms with E-state index in [-0.39, 0.29) is 18.8 Å². The molecule has 0 radical (unpaired) electrons. The first-order chi connectivity index (χ1) is 18.5. The van der Waals surface area contributed by atoms with Crippen molar-refractivity contribution in [3.05, 3.63) is 88.9 Å². The van der Waals surface area contributed by atoms with Crippen LogP contribution in [0.4, 0.5) is 23.7 Å². The van der Waals surface area contributed by atoms with Crippen molar-refractivity contribution in [2.45, 2.75) is 18.6 Å². The van der Waals surface area contributed by atoms with Crippen molar-refractivity contribution in [2.24, 2.45) is 0 Å². The van der Waals surface area contributed by atoms with Gasteiger partial charge in [0.15, 0.2) is 0 Å². The van der Waals surface area contributed by atoms with Gasteiger partial charge in [-0.05, 0) is 72.6 Å². The number of benzene rings is 3. The number of halogens is 4. The van der Waals surface area contributed by atoms with Gasteiger partial charge in [-0.1, -0.05) is 23.7 Å². The van der Waals surface area contributed by atoms with Crippen molar-refractivity contribution in [1.82, 2.24) is 9.21 Å². The van der Waals surface area contributed by atoms with Gasteiger partial charge < -0.3 is 9.64 Å². The Kier molecular flexibility index (Phi) is 7.49. The minimum Gasteiger partial charge on any atom is -0.457 e. The number of hydrogen-bond acceptors (Lipinski definition) is 4. The standard InChI is InChI=1S/C27H25ClF3N3O4S/c28-21-5-9-23(10-6-21)38-24-11-7-22(8-12-24)34-25(19-3-1-4-20(17-19)27(29,30)31)18-32(26(34)35)15-16-39(36,37)33-13-2-14-33/h1,3-12,17,25H,2,13-16,18H2/t25-/m1/s1. The summed E-state index contributed by atoms with van der Waals surface area (Å²) >= 11 is 5.91. The molecule has 2 aliphatic rings. The molecule has 12 heteroatoms. The summed E-state index contributed by atoms with van der Waals surface area (Å²) in [5.41, 5.74) is -0.0790. The van der Waals surface area contributed by atoms with Gasteiger partial charge in [-0.2, -0.15) is 13.2 Å². The minimum atomic E-state index is -4.55. The van der Waals surface area contributed by atoms with Crippen LogP contribution in [0.3, 0.4) is 0 Å². The molecule has 2 aliphatic heterocycles. The Balaban J connectivity index is 1.41. The minimum absolute atomic E-state index is 0.0404. The number of amides is 2. The molecule has 3 aromatic carbocycles. The number of carbonyl (C=O) groups excluding carboxylic acids is 1. The molecule has 2 saturated heterocycles. The fourth-order valence-electron chi connectivity index (χ4n) is 4.54. The number of ether oxygens (including phenoxy) is 1. The van der Waals surface area contributed by atoms with Crippen LogP contribution in [0.15, 0.2) is 72.8 Å². The Morgan fingerprint density at radius 2 is 1.59 bits per heavy atom.